The highest BCUT2D eigenvalue weighted by Gasteiger charge is 2.27. The largest absolute Gasteiger partial charge is 0.240 e. The minimum absolute atomic E-state index is 0.615. The molecule has 2 rings (SSSR count). The second kappa shape index (κ2) is 2.45. The average Bonchev–Trinajstić information content (AvgIpc) is 2.77. The molecule has 0 unspecified atom stereocenters. The van der Waals surface area contributed by atoms with Crippen molar-refractivity contribution >= 4 is 11.6 Å². The molecule has 1 saturated carbocycles. The van der Waals surface area contributed by atoms with Crippen LogP contribution >= 0.6 is 11.6 Å². The Balaban J connectivity index is 2.45. The zero-order valence-electron chi connectivity index (χ0n) is 6.34. The summed E-state index contributed by atoms with van der Waals surface area (Å²) in [7, 11) is 0. The predicted octanol–water partition coefficient (Wildman–Crippen LogP) is 2.32. The molecule has 58 valence electrons. The van der Waals surface area contributed by atoms with Gasteiger partial charge in [0.15, 0.2) is 0 Å². The molecule has 1 aliphatic rings. The van der Waals surface area contributed by atoms with E-state index < -0.39 is 0 Å². The summed E-state index contributed by atoms with van der Waals surface area (Å²) in [5.41, 5.74) is 1.93. The quantitative estimate of drug-likeness (QED) is 0.643. The van der Waals surface area contributed by atoms with Gasteiger partial charge in [0, 0.05) is 5.92 Å². The number of hydrogen-bond donors (Lipinski definition) is 0. The molecule has 0 radical (unpaired) electrons. The maximum atomic E-state index is 6.00. The Kier molecular flexibility index (Phi) is 1.57. The Hall–Kier alpha value is -0.630. The molecule has 1 aliphatic carbocycles. The normalized spacial score (nSPS) is 16.9. The molecule has 0 aliphatic heterocycles. The number of hydrogen-bond acceptors (Lipinski definition) is 2. The fourth-order valence-corrected chi connectivity index (χ4v) is 1.37. The summed E-state index contributed by atoms with van der Waals surface area (Å²) in [6.07, 6.45) is 4.06. The van der Waals surface area contributed by atoms with Crippen molar-refractivity contribution in [2.45, 2.75) is 25.7 Å². The molecule has 0 N–H and O–H groups in total. The lowest BCUT2D eigenvalue weighted by molar-refractivity contribution is 0.966. The molecular formula is C8H9ClN2. The van der Waals surface area contributed by atoms with E-state index in [0.717, 1.165) is 16.4 Å². The van der Waals surface area contributed by atoms with E-state index in [9.17, 15) is 0 Å². The molecule has 1 heterocycles. The average molecular weight is 169 g/mol. The van der Waals surface area contributed by atoms with Crippen LogP contribution in [0.25, 0.3) is 0 Å². The summed E-state index contributed by atoms with van der Waals surface area (Å²) >= 11 is 6.00. The van der Waals surface area contributed by atoms with E-state index in [-0.39, 0.29) is 0 Å². The molecule has 0 spiro atoms. The van der Waals surface area contributed by atoms with Gasteiger partial charge in [-0.15, -0.1) is 0 Å². The summed E-state index contributed by atoms with van der Waals surface area (Å²) in [4.78, 5) is 8.16. The zero-order valence-corrected chi connectivity index (χ0v) is 7.10. The minimum atomic E-state index is 0.615. The van der Waals surface area contributed by atoms with Crippen molar-refractivity contribution in [3.8, 4) is 0 Å². The molecule has 1 fully saturated rings. The minimum Gasteiger partial charge on any atom is -0.240 e. The van der Waals surface area contributed by atoms with Gasteiger partial charge >= 0.3 is 0 Å². The van der Waals surface area contributed by atoms with Crippen molar-refractivity contribution in [2.24, 2.45) is 0 Å². The summed E-state index contributed by atoms with van der Waals surface area (Å²) < 4.78 is 0. The lowest BCUT2D eigenvalue weighted by atomic mass is 10.2. The van der Waals surface area contributed by atoms with Crippen molar-refractivity contribution < 1.29 is 0 Å². The van der Waals surface area contributed by atoms with Gasteiger partial charge in [0.1, 0.15) is 6.33 Å². The SMILES string of the molecule is Cc1ncnc(C2CC2)c1Cl. The Morgan fingerprint density at radius 3 is 2.82 bits per heavy atom. The van der Waals surface area contributed by atoms with E-state index in [1.54, 1.807) is 6.33 Å². The Morgan fingerprint density at radius 2 is 2.18 bits per heavy atom. The smallest absolute Gasteiger partial charge is 0.116 e. The topological polar surface area (TPSA) is 25.8 Å². The van der Waals surface area contributed by atoms with Crippen LogP contribution in [0.5, 0.6) is 0 Å². The monoisotopic (exact) mass is 168 g/mol. The van der Waals surface area contributed by atoms with Crippen molar-refractivity contribution in [1.29, 1.82) is 0 Å². The van der Waals surface area contributed by atoms with Gasteiger partial charge in [-0.05, 0) is 19.8 Å². The van der Waals surface area contributed by atoms with Crippen molar-refractivity contribution in [3.05, 3.63) is 22.7 Å². The highest BCUT2D eigenvalue weighted by atomic mass is 35.5. The third kappa shape index (κ3) is 1.23. The van der Waals surface area contributed by atoms with Crippen LogP contribution in [0.15, 0.2) is 6.33 Å². The second-order valence-electron chi connectivity index (χ2n) is 2.93. The molecule has 1 aromatic heterocycles. The van der Waals surface area contributed by atoms with E-state index in [1.807, 2.05) is 6.92 Å². The number of halogens is 1. The van der Waals surface area contributed by atoms with Crippen LogP contribution in [0.3, 0.4) is 0 Å². The molecule has 11 heavy (non-hydrogen) atoms. The molecular weight excluding hydrogens is 160 g/mol. The number of aryl methyl sites for hydroxylation is 1. The first-order valence-electron chi connectivity index (χ1n) is 3.76. The molecule has 0 atom stereocenters. The number of rotatable bonds is 1. The lowest BCUT2D eigenvalue weighted by Gasteiger charge is -2.01. The van der Waals surface area contributed by atoms with Gasteiger partial charge in [-0.3, -0.25) is 0 Å². The van der Waals surface area contributed by atoms with E-state index in [1.165, 1.54) is 12.8 Å². The Morgan fingerprint density at radius 1 is 1.45 bits per heavy atom. The summed E-state index contributed by atoms with van der Waals surface area (Å²) in [6, 6.07) is 0. The maximum Gasteiger partial charge on any atom is 0.116 e. The van der Waals surface area contributed by atoms with Crippen LogP contribution in [-0.2, 0) is 0 Å². The molecule has 1 aromatic rings. The zero-order chi connectivity index (χ0) is 7.84. The molecule has 3 heteroatoms. The van der Waals surface area contributed by atoms with Gasteiger partial charge in [0.05, 0.1) is 16.4 Å². The first-order chi connectivity index (χ1) is 5.29. The van der Waals surface area contributed by atoms with Gasteiger partial charge in [0.25, 0.3) is 0 Å². The molecule has 0 amide bonds. The van der Waals surface area contributed by atoms with Crippen LogP contribution < -0.4 is 0 Å². The molecule has 0 bridgehead atoms. The molecule has 0 aromatic carbocycles. The Bertz CT molecular complexity index is 281. The Labute approximate surface area is 70.6 Å². The highest BCUT2D eigenvalue weighted by Crippen LogP contribution is 2.42. The standard InChI is InChI=1S/C8H9ClN2/c1-5-7(9)8(6-2-3-6)11-4-10-5/h4,6H,2-3H2,1H3. The summed E-state index contributed by atoms with van der Waals surface area (Å²) in [6.45, 7) is 1.91. The van der Waals surface area contributed by atoms with Crippen molar-refractivity contribution in [1.82, 2.24) is 9.97 Å². The lowest BCUT2D eigenvalue weighted by Crippen LogP contribution is -1.92. The third-order valence-electron chi connectivity index (χ3n) is 1.95. The van der Waals surface area contributed by atoms with Gasteiger partial charge in [0.2, 0.25) is 0 Å². The predicted molar refractivity (Wildman–Crippen MR) is 43.8 cm³/mol. The highest BCUT2D eigenvalue weighted by molar-refractivity contribution is 6.31. The molecule has 2 nitrogen and oxygen atoms in total. The van der Waals surface area contributed by atoms with Crippen molar-refractivity contribution in [2.75, 3.05) is 0 Å². The number of nitrogens with zero attached hydrogens (tertiary/aromatic N) is 2. The van der Waals surface area contributed by atoms with Crippen LogP contribution in [0.2, 0.25) is 5.02 Å². The fraction of sp³-hybridized carbons (Fsp3) is 0.500. The van der Waals surface area contributed by atoms with Gasteiger partial charge in [-0.2, -0.15) is 0 Å². The first kappa shape index (κ1) is 7.04. The first-order valence-corrected chi connectivity index (χ1v) is 4.14. The summed E-state index contributed by atoms with van der Waals surface area (Å²) in [5, 5.41) is 0.759. The van der Waals surface area contributed by atoms with Crippen LogP contribution in [0.1, 0.15) is 30.1 Å². The third-order valence-corrected chi connectivity index (χ3v) is 2.42. The van der Waals surface area contributed by atoms with Gasteiger partial charge < -0.3 is 0 Å². The van der Waals surface area contributed by atoms with Gasteiger partial charge in [-0.1, -0.05) is 11.6 Å². The van der Waals surface area contributed by atoms with Crippen molar-refractivity contribution in [3.63, 3.8) is 0 Å². The summed E-state index contributed by atoms with van der Waals surface area (Å²) in [5.74, 6) is 0.615. The van der Waals surface area contributed by atoms with E-state index >= 15 is 0 Å². The second-order valence-corrected chi connectivity index (χ2v) is 3.31. The van der Waals surface area contributed by atoms with E-state index in [2.05, 4.69) is 9.97 Å². The van der Waals surface area contributed by atoms with Crippen LogP contribution in [0, 0.1) is 6.92 Å². The number of aromatic nitrogens is 2. The fourth-order valence-electron chi connectivity index (χ4n) is 1.12. The van der Waals surface area contributed by atoms with Crippen LogP contribution in [-0.4, -0.2) is 9.97 Å². The van der Waals surface area contributed by atoms with Gasteiger partial charge in [-0.25, -0.2) is 9.97 Å². The molecule has 0 saturated heterocycles. The van der Waals surface area contributed by atoms with Crippen LogP contribution in [0.4, 0.5) is 0 Å². The maximum absolute atomic E-state index is 6.00. The van der Waals surface area contributed by atoms with E-state index in [4.69, 9.17) is 11.6 Å². The van der Waals surface area contributed by atoms with E-state index in [0.29, 0.717) is 5.92 Å².